The zero-order chi connectivity index (χ0) is 17.4. The highest BCUT2D eigenvalue weighted by molar-refractivity contribution is 7.85. The molecule has 132 valence electrons. The quantitative estimate of drug-likeness (QED) is 0.350. The predicted octanol–water partition coefficient (Wildman–Crippen LogP) is 1.33. The predicted molar refractivity (Wildman–Crippen MR) is 87.3 cm³/mol. The molecule has 7 heteroatoms. The van der Waals surface area contributed by atoms with E-state index in [1.54, 1.807) is 0 Å². The number of hydrogen-bond donors (Lipinski definition) is 1. The average Bonchev–Trinajstić information content (AvgIpc) is 2.38. The molecule has 1 amide bonds. The van der Waals surface area contributed by atoms with Gasteiger partial charge >= 0.3 is 0 Å². The molecule has 0 aromatic carbocycles. The van der Waals surface area contributed by atoms with Gasteiger partial charge in [0.1, 0.15) is 0 Å². The van der Waals surface area contributed by atoms with E-state index < -0.39 is 10.1 Å². The van der Waals surface area contributed by atoms with Crippen LogP contribution in [0.5, 0.6) is 0 Å². The first-order valence-corrected chi connectivity index (χ1v) is 9.51. The Morgan fingerprint density at radius 2 is 1.68 bits per heavy atom. The third-order valence-electron chi connectivity index (χ3n) is 4.13. The van der Waals surface area contributed by atoms with Gasteiger partial charge in [-0.3, -0.25) is 4.79 Å². The molecule has 0 saturated carbocycles. The normalized spacial score (nSPS) is 13.2. The molecule has 0 radical (unpaired) electrons. The molecule has 0 unspecified atom stereocenters. The Morgan fingerprint density at radius 1 is 1.14 bits per heavy atom. The van der Waals surface area contributed by atoms with Crippen LogP contribution in [-0.4, -0.2) is 62.8 Å². The number of unbranched alkanes of at least 4 members (excludes halogenated alkanes) is 1. The van der Waals surface area contributed by atoms with Crippen molar-refractivity contribution < 1.29 is 22.2 Å². The first-order valence-electron chi connectivity index (χ1n) is 7.93. The molecule has 0 aliphatic carbocycles. The number of nitrogens with zero attached hydrogens (tertiary/aromatic N) is 1. The van der Waals surface area contributed by atoms with Crippen LogP contribution in [0.2, 0.25) is 0 Å². The number of carbonyl (C=O) groups excluding carboxylic acids is 1. The maximum Gasteiger partial charge on any atom is 0.225 e. The number of nitrogens with one attached hydrogen (secondary N) is 1. The molecule has 0 rings (SSSR count). The van der Waals surface area contributed by atoms with E-state index in [-0.39, 0.29) is 17.1 Å². The Morgan fingerprint density at radius 3 is 2.18 bits per heavy atom. The molecule has 0 aliphatic heterocycles. The maximum absolute atomic E-state index is 11.9. The van der Waals surface area contributed by atoms with Crippen molar-refractivity contribution in [3.05, 3.63) is 0 Å². The number of hydrogen-bond acceptors (Lipinski definition) is 4. The van der Waals surface area contributed by atoms with Crippen LogP contribution in [0.4, 0.5) is 0 Å². The van der Waals surface area contributed by atoms with Gasteiger partial charge in [-0.05, 0) is 19.3 Å². The van der Waals surface area contributed by atoms with Crippen LogP contribution < -0.4 is 5.32 Å². The van der Waals surface area contributed by atoms with Gasteiger partial charge in [0.2, 0.25) is 5.91 Å². The molecule has 0 atom stereocenters. The van der Waals surface area contributed by atoms with Gasteiger partial charge in [-0.2, -0.15) is 0 Å². The highest BCUT2D eigenvalue weighted by Gasteiger charge is 2.24. The molecule has 0 fully saturated rings. The van der Waals surface area contributed by atoms with Crippen LogP contribution in [0.1, 0.15) is 46.5 Å². The van der Waals surface area contributed by atoms with Gasteiger partial charge in [-0.25, -0.2) is 8.42 Å². The third-order valence-corrected chi connectivity index (χ3v) is 4.92. The second-order valence-corrected chi connectivity index (χ2v) is 8.72. The summed E-state index contributed by atoms with van der Waals surface area (Å²) in [6, 6.07) is 0. The van der Waals surface area contributed by atoms with E-state index >= 15 is 0 Å². The lowest BCUT2D eigenvalue weighted by molar-refractivity contribution is -0.890. The molecule has 6 nitrogen and oxygen atoms in total. The lowest BCUT2D eigenvalue weighted by Crippen LogP contribution is -2.43. The molecule has 0 aromatic rings. The average molecular weight is 336 g/mol. The van der Waals surface area contributed by atoms with Crippen LogP contribution in [0.3, 0.4) is 0 Å². The summed E-state index contributed by atoms with van der Waals surface area (Å²) in [6.07, 6.45) is 2.81. The lowest BCUT2D eigenvalue weighted by atomic mass is 9.89. The Balaban J connectivity index is 3.91. The van der Waals surface area contributed by atoms with Crippen molar-refractivity contribution in [2.75, 3.05) is 39.5 Å². The lowest BCUT2D eigenvalue weighted by Gasteiger charge is -2.30. The number of carbonyl (C=O) groups is 1. The zero-order valence-electron chi connectivity index (χ0n) is 14.6. The Kier molecular flexibility index (Phi) is 8.57. The van der Waals surface area contributed by atoms with Gasteiger partial charge in [0, 0.05) is 24.1 Å². The first kappa shape index (κ1) is 21.3. The SMILES string of the molecule is CCC(C)(C)C(=O)NCCC[N+](C)(C)CCCCS(=O)(=O)[O-]. The van der Waals surface area contributed by atoms with Crippen molar-refractivity contribution in [1.82, 2.24) is 5.32 Å². The number of amides is 1. The van der Waals surface area contributed by atoms with Crippen molar-refractivity contribution >= 4 is 16.0 Å². The molecule has 0 aromatic heterocycles. The van der Waals surface area contributed by atoms with E-state index in [1.165, 1.54) is 0 Å². The van der Waals surface area contributed by atoms with Crippen LogP contribution in [0.15, 0.2) is 0 Å². The van der Waals surface area contributed by atoms with E-state index in [2.05, 4.69) is 19.4 Å². The Labute approximate surface area is 135 Å². The molecule has 1 N–H and O–H groups in total. The van der Waals surface area contributed by atoms with Crippen LogP contribution in [-0.2, 0) is 14.9 Å². The maximum atomic E-state index is 11.9. The molecule has 0 bridgehead atoms. The van der Waals surface area contributed by atoms with Crippen molar-refractivity contribution in [2.24, 2.45) is 5.41 Å². The van der Waals surface area contributed by atoms with Gasteiger partial charge in [0.15, 0.2) is 0 Å². The minimum Gasteiger partial charge on any atom is -0.748 e. The molecule has 0 aliphatic rings. The van der Waals surface area contributed by atoms with Gasteiger partial charge in [0.25, 0.3) is 0 Å². The van der Waals surface area contributed by atoms with Crippen molar-refractivity contribution in [3.63, 3.8) is 0 Å². The largest absolute Gasteiger partial charge is 0.748 e. The zero-order valence-corrected chi connectivity index (χ0v) is 15.5. The van der Waals surface area contributed by atoms with Crippen molar-refractivity contribution in [1.29, 1.82) is 0 Å². The van der Waals surface area contributed by atoms with Gasteiger partial charge in [-0.15, -0.1) is 0 Å². The number of quaternary nitrogens is 1. The fourth-order valence-corrected chi connectivity index (χ4v) is 2.60. The summed E-state index contributed by atoms with van der Waals surface area (Å²) in [5.74, 6) is -0.198. The molecule has 0 heterocycles. The van der Waals surface area contributed by atoms with Crippen LogP contribution >= 0.6 is 0 Å². The fraction of sp³-hybridized carbons (Fsp3) is 0.933. The summed E-state index contributed by atoms with van der Waals surface area (Å²) in [7, 11) is 0.0525. The molecular formula is C15H32N2O4S. The van der Waals surface area contributed by atoms with Gasteiger partial charge < -0.3 is 14.4 Å². The molecule has 0 spiro atoms. The summed E-state index contributed by atoms with van der Waals surface area (Å²) in [6.45, 7) is 8.25. The minimum absolute atomic E-state index is 0.0842. The second kappa shape index (κ2) is 8.84. The topological polar surface area (TPSA) is 86.3 Å². The standard InChI is InChI=1S/C15H32N2O4S/c1-6-15(2,3)14(18)16-10-9-12-17(4,5)11-7-8-13-22(19,20)21/h6-13H2,1-5H3,(H-,16,18,19,20,21). The summed E-state index contributed by atoms with van der Waals surface area (Å²) in [5.41, 5.74) is -0.325. The highest BCUT2D eigenvalue weighted by Crippen LogP contribution is 2.19. The monoisotopic (exact) mass is 336 g/mol. The summed E-state index contributed by atoms with van der Waals surface area (Å²) >= 11 is 0. The summed E-state index contributed by atoms with van der Waals surface area (Å²) in [4.78, 5) is 11.9. The Bertz CT molecular complexity index is 444. The fourth-order valence-electron chi connectivity index (χ4n) is 2.04. The smallest absolute Gasteiger partial charge is 0.225 e. The Hall–Kier alpha value is -0.660. The summed E-state index contributed by atoms with van der Waals surface area (Å²) < 4.78 is 32.4. The van der Waals surface area contributed by atoms with E-state index in [4.69, 9.17) is 0 Å². The molecule has 22 heavy (non-hydrogen) atoms. The number of rotatable bonds is 11. The third kappa shape index (κ3) is 10.1. The van der Waals surface area contributed by atoms with Gasteiger partial charge in [0.05, 0.1) is 37.3 Å². The van der Waals surface area contributed by atoms with E-state index in [0.29, 0.717) is 19.4 Å². The summed E-state index contributed by atoms with van der Waals surface area (Å²) in [5, 5.41) is 2.96. The van der Waals surface area contributed by atoms with Crippen LogP contribution in [0.25, 0.3) is 0 Å². The molecule has 0 saturated heterocycles. The highest BCUT2D eigenvalue weighted by atomic mass is 32.2. The second-order valence-electron chi connectivity index (χ2n) is 7.20. The van der Waals surface area contributed by atoms with Crippen LogP contribution in [0, 0.1) is 5.41 Å². The van der Waals surface area contributed by atoms with Crippen molar-refractivity contribution in [2.45, 2.75) is 46.5 Å². The first-order chi connectivity index (χ1) is 9.90. The van der Waals surface area contributed by atoms with Crippen molar-refractivity contribution in [3.8, 4) is 0 Å². The van der Waals surface area contributed by atoms with Gasteiger partial charge in [-0.1, -0.05) is 20.8 Å². The van der Waals surface area contributed by atoms with E-state index in [0.717, 1.165) is 30.4 Å². The van der Waals surface area contributed by atoms with E-state index in [1.807, 2.05) is 20.8 Å². The molecular weight excluding hydrogens is 304 g/mol. The minimum atomic E-state index is -4.09. The van der Waals surface area contributed by atoms with E-state index in [9.17, 15) is 17.8 Å².